The number of fused-ring (bicyclic) bond motifs is 8. The van der Waals surface area contributed by atoms with Gasteiger partial charge in [0, 0.05) is 0 Å². The minimum absolute atomic E-state index is 1.23. The first-order valence-corrected chi connectivity index (χ1v) is 17.4. The summed E-state index contributed by atoms with van der Waals surface area (Å²) in [5.41, 5.74) is 12.9. The molecule has 0 heterocycles. The average molecular weight is 631 g/mol. The van der Waals surface area contributed by atoms with E-state index < -0.39 is 0 Å². The number of hydrogen-bond donors (Lipinski definition) is 0. The zero-order valence-corrected chi connectivity index (χ0v) is 27.3. The van der Waals surface area contributed by atoms with Crippen molar-refractivity contribution in [2.24, 2.45) is 0 Å². The molecule has 10 aromatic rings. The van der Waals surface area contributed by atoms with Gasteiger partial charge < -0.3 is 0 Å². The van der Waals surface area contributed by atoms with Gasteiger partial charge in [0.1, 0.15) is 0 Å². The Kier molecular flexibility index (Phi) is 5.76. The molecule has 1 aliphatic rings. The summed E-state index contributed by atoms with van der Waals surface area (Å²) >= 11 is 0. The van der Waals surface area contributed by atoms with Crippen molar-refractivity contribution in [2.45, 2.75) is 0 Å². The van der Waals surface area contributed by atoms with E-state index in [1.807, 2.05) is 0 Å². The van der Waals surface area contributed by atoms with Crippen LogP contribution < -0.4 is 0 Å². The fourth-order valence-electron chi connectivity index (χ4n) is 8.89. The highest BCUT2D eigenvalue weighted by molar-refractivity contribution is 6.26. The number of rotatable bonds is 3. The van der Waals surface area contributed by atoms with Crippen LogP contribution in [0, 0.1) is 0 Å². The average Bonchev–Trinajstić information content (AvgIpc) is 3.52. The van der Waals surface area contributed by atoms with Gasteiger partial charge in [-0.3, -0.25) is 0 Å². The van der Waals surface area contributed by atoms with Crippen LogP contribution in [0.1, 0.15) is 0 Å². The summed E-state index contributed by atoms with van der Waals surface area (Å²) in [4.78, 5) is 0. The van der Waals surface area contributed by atoms with Crippen LogP contribution >= 0.6 is 0 Å². The highest BCUT2D eigenvalue weighted by atomic mass is 14.3. The molecule has 0 radical (unpaired) electrons. The molecule has 0 atom stereocenters. The Balaban J connectivity index is 1.17. The first-order chi connectivity index (χ1) is 24.8. The molecule has 50 heavy (non-hydrogen) atoms. The number of hydrogen-bond acceptors (Lipinski definition) is 0. The fraction of sp³-hybridized carbons (Fsp3) is 0. The monoisotopic (exact) mass is 630 g/mol. The lowest BCUT2D eigenvalue weighted by Crippen LogP contribution is -1.92. The van der Waals surface area contributed by atoms with Gasteiger partial charge in [-0.15, -0.1) is 0 Å². The van der Waals surface area contributed by atoms with Crippen molar-refractivity contribution in [3.63, 3.8) is 0 Å². The van der Waals surface area contributed by atoms with Crippen LogP contribution in [0.5, 0.6) is 0 Å². The molecule has 0 spiro atoms. The summed E-state index contributed by atoms with van der Waals surface area (Å²) < 4.78 is 0. The predicted molar refractivity (Wildman–Crippen MR) is 215 cm³/mol. The van der Waals surface area contributed by atoms with Gasteiger partial charge in [-0.2, -0.15) is 0 Å². The third kappa shape index (κ3) is 3.82. The van der Waals surface area contributed by atoms with E-state index >= 15 is 0 Å². The van der Waals surface area contributed by atoms with Crippen LogP contribution in [0.15, 0.2) is 182 Å². The zero-order valence-electron chi connectivity index (χ0n) is 27.3. The van der Waals surface area contributed by atoms with E-state index in [9.17, 15) is 0 Å². The van der Waals surface area contributed by atoms with Gasteiger partial charge in [0.25, 0.3) is 0 Å². The third-order valence-electron chi connectivity index (χ3n) is 11.0. The molecule has 0 saturated carbocycles. The quantitative estimate of drug-likeness (QED) is 0.135. The molecule has 10 aromatic carbocycles. The second-order valence-electron chi connectivity index (χ2n) is 13.5. The highest BCUT2D eigenvalue weighted by Crippen LogP contribution is 2.52. The molecular weight excluding hydrogens is 601 g/mol. The Morgan fingerprint density at radius 3 is 1.46 bits per heavy atom. The molecule has 230 valence electrons. The maximum Gasteiger partial charge on any atom is -0.00201 e. The standard InChI is InChI=1S/C50H30/c1-2-15-34-31(12-1)26-27-39-35(22-10-23-36(34)39)32-13-9-14-33(30-32)48-41-18-5-7-20-43(41)50(44-21-8-6-19-42(44)48)47-29-28-46-38-17-4-3-16-37(38)40-24-11-25-45(47)49(40)46/h1-30H. The molecule has 1 aliphatic carbocycles. The Hall–Kier alpha value is -6.50. The van der Waals surface area contributed by atoms with Crippen molar-refractivity contribution < 1.29 is 0 Å². The van der Waals surface area contributed by atoms with Crippen molar-refractivity contribution in [3.8, 4) is 55.6 Å². The lowest BCUT2D eigenvalue weighted by atomic mass is 9.83. The van der Waals surface area contributed by atoms with Gasteiger partial charge >= 0.3 is 0 Å². The predicted octanol–water partition coefficient (Wildman–Crippen LogP) is 14.1. The minimum Gasteiger partial charge on any atom is -0.0616 e. The maximum absolute atomic E-state index is 2.40. The molecule has 0 saturated heterocycles. The summed E-state index contributed by atoms with van der Waals surface area (Å²) in [6, 6.07) is 67.5. The topological polar surface area (TPSA) is 0 Å². The third-order valence-corrected chi connectivity index (χ3v) is 11.0. The molecule has 0 amide bonds. The van der Waals surface area contributed by atoms with E-state index in [2.05, 4.69) is 182 Å². The van der Waals surface area contributed by atoms with Gasteiger partial charge in [0.05, 0.1) is 0 Å². The van der Waals surface area contributed by atoms with E-state index in [4.69, 9.17) is 0 Å². The summed E-state index contributed by atoms with van der Waals surface area (Å²) in [7, 11) is 0. The summed E-state index contributed by atoms with van der Waals surface area (Å²) in [6.45, 7) is 0. The second-order valence-corrected chi connectivity index (χ2v) is 13.5. The van der Waals surface area contributed by atoms with E-state index in [1.54, 1.807) is 0 Å². The van der Waals surface area contributed by atoms with Crippen molar-refractivity contribution in [2.75, 3.05) is 0 Å². The number of benzene rings is 10. The van der Waals surface area contributed by atoms with E-state index in [0.29, 0.717) is 0 Å². The molecule has 0 unspecified atom stereocenters. The van der Waals surface area contributed by atoms with Gasteiger partial charge in [-0.05, 0) is 116 Å². The van der Waals surface area contributed by atoms with Crippen LogP contribution in [0.3, 0.4) is 0 Å². The van der Waals surface area contributed by atoms with Gasteiger partial charge in [-0.25, -0.2) is 0 Å². The maximum atomic E-state index is 2.40. The van der Waals surface area contributed by atoms with Crippen molar-refractivity contribution in [1.29, 1.82) is 0 Å². The Morgan fingerprint density at radius 1 is 0.220 bits per heavy atom. The van der Waals surface area contributed by atoms with Gasteiger partial charge in [0.2, 0.25) is 0 Å². The first-order valence-electron chi connectivity index (χ1n) is 17.4. The lowest BCUT2D eigenvalue weighted by molar-refractivity contribution is 1.64. The van der Waals surface area contributed by atoms with Crippen LogP contribution in [0.25, 0.3) is 109 Å². The molecule has 0 N–H and O–H groups in total. The van der Waals surface area contributed by atoms with Crippen LogP contribution in [0.4, 0.5) is 0 Å². The molecule has 11 rings (SSSR count). The summed E-state index contributed by atoms with van der Waals surface area (Å²) in [5.74, 6) is 0. The lowest BCUT2D eigenvalue weighted by Gasteiger charge is -2.19. The van der Waals surface area contributed by atoms with Gasteiger partial charge in [0.15, 0.2) is 0 Å². The van der Waals surface area contributed by atoms with E-state index in [1.165, 1.54) is 109 Å². The fourth-order valence-corrected chi connectivity index (χ4v) is 8.89. The minimum atomic E-state index is 1.23. The van der Waals surface area contributed by atoms with E-state index in [-0.39, 0.29) is 0 Å². The van der Waals surface area contributed by atoms with Crippen molar-refractivity contribution >= 4 is 53.9 Å². The van der Waals surface area contributed by atoms with Crippen LogP contribution in [-0.4, -0.2) is 0 Å². The van der Waals surface area contributed by atoms with E-state index in [0.717, 1.165) is 0 Å². The summed E-state index contributed by atoms with van der Waals surface area (Å²) in [5, 5.41) is 12.9. The molecule has 0 fully saturated rings. The zero-order chi connectivity index (χ0) is 32.8. The van der Waals surface area contributed by atoms with Crippen LogP contribution in [-0.2, 0) is 0 Å². The van der Waals surface area contributed by atoms with Crippen molar-refractivity contribution in [3.05, 3.63) is 182 Å². The molecule has 0 aromatic heterocycles. The molecule has 0 nitrogen and oxygen atoms in total. The smallest absolute Gasteiger partial charge is 0.00201 e. The van der Waals surface area contributed by atoms with Crippen molar-refractivity contribution in [1.82, 2.24) is 0 Å². The van der Waals surface area contributed by atoms with Crippen LogP contribution in [0.2, 0.25) is 0 Å². The second kappa shape index (κ2) is 10.5. The SMILES string of the molecule is c1cc(-c2c3ccccc3c(-c3ccc4c5c(cccc35)-c3ccccc3-4)c3ccccc23)cc(-c2cccc3c2ccc2ccccc23)c1. The normalized spacial score (nSPS) is 12.0. The Bertz CT molecular complexity index is 2950. The molecular formula is C50H30. The largest absolute Gasteiger partial charge is 0.0616 e. The Labute approximate surface area is 290 Å². The highest BCUT2D eigenvalue weighted by Gasteiger charge is 2.24. The first kappa shape index (κ1) is 27.5. The summed E-state index contributed by atoms with van der Waals surface area (Å²) in [6.07, 6.45) is 0. The molecule has 0 aliphatic heterocycles. The van der Waals surface area contributed by atoms with Gasteiger partial charge in [-0.1, -0.05) is 176 Å². The Morgan fingerprint density at radius 2 is 0.720 bits per heavy atom. The molecule has 0 bridgehead atoms. The molecule has 0 heteroatoms.